The molecule has 1 aromatic rings. The lowest BCUT2D eigenvalue weighted by Crippen LogP contribution is -2.25. The maximum absolute atomic E-state index is 11.5. The Bertz CT molecular complexity index is 964. The predicted molar refractivity (Wildman–Crippen MR) is 140 cm³/mol. The maximum Gasteiger partial charge on any atom is 0.310 e. The first-order valence-corrected chi connectivity index (χ1v) is 12.0. The summed E-state index contributed by atoms with van der Waals surface area (Å²) in [6.45, 7) is 9.73. The second-order valence-electron chi connectivity index (χ2n) is 9.38. The van der Waals surface area contributed by atoms with Gasteiger partial charge in [0.2, 0.25) is 0 Å². The summed E-state index contributed by atoms with van der Waals surface area (Å²) in [5.41, 5.74) is 5.08. The fourth-order valence-electron chi connectivity index (χ4n) is 3.64. The molecular weight excluding hydrogens is 444 g/mol. The summed E-state index contributed by atoms with van der Waals surface area (Å²) >= 11 is 0. The van der Waals surface area contributed by atoms with E-state index in [9.17, 15) is 25.2 Å². The van der Waals surface area contributed by atoms with Crippen molar-refractivity contribution in [3.63, 3.8) is 0 Å². The number of rotatable bonds is 13. The Labute approximate surface area is 210 Å². The minimum absolute atomic E-state index is 0.00423. The summed E-state index contributed by atoms with van der Waals surface area (Å²) in [4.78, 5) is 11.5. The van der Waals surface area contributed by atoms with E-state index in [1.165, 1.54) is 30.4 Å². The van der Waals surface area contributed by atoms with Gasteiger partial charge in [0, 0.05) is 11.1 Å². The van der Waals surface area contributed by atoms with E-state index in [0.29, 0.717) is 17.5 Å². The minimum Gasteiger partial charge on any atom is -0.508 e. The van der Waals surface area contributed by atoms with Gasteiger partial charge < -0.3 is 25.2 Å². The van der Waals surface area contributed by atoms with Crippen molar-refractivity contribution in [1.29, 1.82) is 0 Å². The van der Waals surface area contributed by atoms with Gasteiger partial charge in [0.1, 0.15) is 23.7 Å². The molecule has 6 nitrogen and oxygen atoms in total. The van der Waals surface area contributed by atoms with Crippen LogP contribution in [0.15, 0.2) is 58.7 Å². The molecule has 0 saturated heterocycles. The van der Waals surface area contributed by atoms with Gasteiger partial charge in [-0.2, -0.15) is 0 Å². The molecule has 1 rings (SSSR count). The molecule has 0 radical (unpaired) electrons. The van der Waals surface area contributed by atoms with Crippen LogP contribution in [0.5, 0.6) is 11.5 Å². The molecule has 0 saturated carbocycles. The van der Waals surface area contributed by atoms with Crippen molar-refractivity contribution in [2.75, 3.05) is 7.11 Å². The Morgan fingerprint density at radius 1 is 0.914 bits per heavy atom. The molecule has 0 fully saturated rings. The van der Waals surface area contributed by atoms with Crippen LogP contribution in [0.3, 0.4) is 0 Å². The second-order valence-corrected chi connectivity index (χ2v) is 9.38. The number of carbonyl (C=O) groups excluding carboxylic acids is 1. The highest BCUT2D eigenvalue weighted by atomic mass is 16.5. The van der Waals surface area contributed by atoms with Crippen molar-refractivity contribution in [3.05, 3.63) is 69.9 Å². The minimum atomic E-state index is -0.885. The van der Waals surface area contributed by atoms with E-state index in [1.807, 2.05) is 39.8 Å². The Morgan fingerprint density at radius 2 is 1.49 bits per heavy atom. The number of hydrogen-bond donors (Lipinski definition) is 4. The summed E-state index contributed by atoms with van der Waals surface area (Å²) in [6, 6.07) is 2.89. The summed E-state index contributed by atoms with van der Waals surface area (Å²) in [6.07, 6.45) is 9.88. The first kappa shape index (κ1) is 30.2. The van der Waals surface area contributed by atoms with Crippen molar-refractivity contribution in [1.82, 2.24) is 0 Å². The smallest absolute Gasteiger partial charge is 0.310 e. The molecule has 6 heteroatoms. The number of carbonyl (C=O) groups is 1. The molecule has 0 spiro atoms. The number of methoxy groups -OCH3 is 1. The van der Waals surface area contributed by atoms with E-state index in [-0.39, 0.29) is 17.9 Å². The predicted octanol–water partition coefficient (Wildman–Crippen LogP) is 5.44. The van der Waals surface area contributed by atoms with Gasteiger partial charge in [0.25, 0.3) is 0 Å². The number of aromatic hydroxyl groups is 2. The number of phenols is 2. The molecule has 4 N–H and O–H groups in total. The van der Waals surface area contributed by atoms with Crippen molar-refractivity contribution in [2.45, 2.75) is 85.4 Å². The molecule has 0 aliphatic carbocycles. The van der Waals surface area contributed by atoms with E-state index in [1.54, 1.807) is 6.08 Å². The van der Waals surface area contributed by atoms with E-state index < -0.39 is 18.2 Å². The number of phenolic OH excluding ortho intramolecular Hbond substituents is 2. The average molecular weight is 487 g/mol. The summed E-state index contributed by atoms with van der Waals surface area (Å²) in [5.74, 6) is -0.465. The number of benzene rings is 1. The molecule has 2 atom stereocenters. The molecular formula is C29H42O6. The van der Waals surface area contributed by atoms with Crippen molar-refractivity contribution < 1.29 is 30.0 Å². The van der Waals surface area contributed by atoms with Crippen molar-refractivity contribution in [2.24, 2.45) is 0 Å². The number of aliphatic hydroxyl groups excluding tert-OH is 2. The fourth-order valence-corrected chi connectivity index (χ4v) is 3.64. The molecule has 2 unspecified atom stereocenters. The summed E-state index contributed by atoms with van der Waals surface area (Å²) < 4.78 is 4.64. The molecule has 35 heavy (non-hydrogen) atoms. The first-order chi connectivity index (χ1) is 16.4. The maximum atomic E-state index is 11.5. The van der Waals surface area contributed by atoms with Crippen LogP contribution in [-0.4, -0.2) is 45.7 Å². The van der Waals surface area contributed by atoms with E-state index in [2.05, 4.69) is 17.7 Å². The lowest BCUT2D eigenvalue weighted by atomic mass is 10.0. The molecule has 0 heterocycles. The quantitative estimate of drug-likeness (QED) is 0.168. The molecule has 0 aliphatic heterocycles. The Balaban J connectivity index is 2.59. The van der Waals surface area contributed by atoms with Gasteiger partial charge >= 0.3 is 5.97 Å². The van der Waals surface area contributed by atoms with Gasteiger partial charge in [-0.15, -0.1) is 0 Å². The van der Waals surface area contributed by atoms with Gasteiger partial charge in [0.05, 0.1) is 13.5 Å². The monoisotopic (exact) mass is 486 g/mol. The van der Waals surface area contributed by atoms with Gasteiger partial charge in [-0.3, -0.25) is 4.79 Å². The van der Waals surface area contributed by atoms with E-state index in [4.69, 9.17) is 0 Å². The van der Waals surface area contributed by atoms with Crippen LogP contribution in [0.4, 0.5) is 0 Å². The second kappa shape index (κ2) is 15.2. The van der Waals surface area contributed by atoms with Crippen LogP contribution >= 0.6 is 0 Å². The number of hydrogen-bond acceptors (Lipinski definition) is 6. The van der Waals surface area contributed by atoms with Crippen LogP contribution in [0.25, 0.3) is 0 Å². The van der Waals surface area contributed by atoms with Gasteiger partial charge in [-0.05, 0) is 84.4 Å². The lowest BCUT2D eigenvalue weighted by Gasteiger charge is -2.16. The van der Waals surface area contributed by atoms with Crippen LogP contribution in [-0.2, 0) is 22.4 Å². The van der Waals surface area contributed by atoms with Crippen LogP contribution in [0.2, 0.25) is 0 Å². The van der Waals surface area contributed by atoms with Gasteiger partial charge in [0.15, 0.2) is 0 Å². The number of allylic oxidation sites excluding steroid dienone is 6. The largest absolute Gasteiger partial charge is 0.508 e. The third-order valence-corrected chi connectivity index (χ3v) is 5.82. The van der Waals surface area contributed by atoms with Crippen molar-refractivity contribution >= 4 is 5.97 Å². The zero-order chi connectivity index (χ0) is 26.5. The van der Waals surface area contributed by atoms with Gasteiger partial charge in [-0.1, -0.05) is 41.0 Å². The lowest BCUT2D eigenvalue weighted by molar-refractivity contribution is -0.139. The zero-order valence-corrected chi connectivity index (χ0v) is 22.0. The number of ether oxygens (including phenoxy) is 1. The van der Waals surface area contributed by atoms with Crippen molar-refractivity contribution in [3.8, 4) is 11.5 Å². The zero-order valence-electron chi connectivity index (χ0n) is 22.0. The summed E-state index contributed by atoms with van der Waals surface area (Å²) in [7, 11) is 1.28. The van der Waals surface area contributed by atoms with E-state index >= 15 is 0 Å². The standard InChI is InChI=1S/C29H42O6/c1-19(2)15-26(31)28(33)22(5)12-8-11-20(3)9-7-10-21(4)13-14-23-16-25(30)17-24(29(23)34)18-27(32)35-6/h9,12-13,15-17,26,28,30-31,33-34H,7-8,10-11,14,18H2,1-6H3. The molecule has 0 amide bonds. The molecule has 0 aromatic heterocycles. The highest BCUT2D eigenvalue weighted by Crippen LogP contribution is 2.29. The Morgan fingerprint density at radius 3 is 2.09 bits per heavy atom. The Kier molecular flexibility index (Phi) is 13.1. The number of aliphatic hydroxyl groups is 2. The fraction of sp³-hybridized carbons (Fsp3) is 0.483. The molecule has 1 aromatic carbocycles. The van der Waals surface area contributed by atoms with E-state index in [0.717, 1.165) is 36.8 Å². The molecule has 0 aliphatic rings. The third kappa shape index (κ3) is 11.4. The first-order valence-electron chi connectivity index (χ1n) is 12.0. The van der Waals surface area contributed by atoms with Crippen LogP contribution in [0, 0.1) is 0 Å². The summed E-state index contributed by atoms with van der Waals surface area (Å²) in [5, 5.41) is 40.6. The SMILES string of the molecule is COC(=O)Cc1cc(O)cc(CC=C(C)CCC=C(C)CCC=C(C)C(O)C(O)C=C(C)C)c1O. The molecule has 194 valence electrons. The highest BCUT2D eigenvalue weighted by Gasteiger charge is 2.15. The van der Waals surface area contributed by atoms with Crippen LogP contribution < -0.4 is 0 Å². The van der Waals surface area contributed by atoms with Gasteiger partial charge in [-0.25, -0.2) is 0 Å². The average Bonchev–Trinajstić information content (AvgIpc) is 2.78. The molecule has 0 bridgehead atoms. The highest BCUT2D eigenvalue weighted by molar-refractivity contribution is 5.74. The van der Waals surface area contributed by atoms with Crippen LogP contribution in [0.1, 0.15) is 71.4 Å². The topological polar surface area (TPSA) is 107 Å². The normalized spacial score (nSPS) is 14.5. The number of esters is 1. The third-order valence-electron chi connectivity index (χ3n) is 5.82. The Hall–Kier alpha value is -2.83.